The van der Waals surface area contributed by atoms with Crippen LogP contribution in [0.4, 0.5) is 5.82 Å². The predicted octanol–water partition coefficient (Wildman–Crippen LogP) is 3.06. The van der Waals surface area contributed by atoms with E-state index in [0.717, 1.165) is 41.8 Å². The smallest absolute Gasteiger partial charge is 0.130 e. The number of aromatic nitrogens is 2. The summed E-state index contributed by atoms with van der Waals surface area (Å²) >= 11 is 0. The van der Waals surface area contributed by atoms with Gasteiger partial charge in [-0.15, -0.1) is 0 Å². The Kier molecular flexibility index (Phi) is 2.75. The molecule has 1 aromatic rings. The van der Waals surface area contributed by atoms with Gasteiger partial charge in [0.05, 0.1) is 0 Å². The molecule has 0 spiro atoms. The van der Waals surface area contributed by atoms with Gasteiger partial charge in [0.25, 0.3) is 0 Å². The first-order chi connectivity index (χ1) is 9.28. The molecule has 1 aromatic heterocycles. The van der Waals surface area contributed by atoms with Gasteiger partial charge in [-0.3, -0.25) is 0 Å². The van der Waals surface area contributed by atoms with Crippen molar-refractivity contribution in [3.63, 3.8) is 0 Å². The molecule has 4 bridgehead atoms. The number of hydrogen-bond acceptors (Lipinski definition) is 3. The fraction of sp³-hybridized carbons (Fsp3) is 0.750. The third-order valence-electron chi connectivity index (χ3n) is 5.85. The maximum Gasteiger partial charge on any atom is 0.130 e. The second kappa shape index (κ2) is 4.46. The Morgan fingerprint density at radius 2 is 1.74 bits per heavy atom. The normalized spacial score (nSPS) is 39.7. The van der Waals surface area contributed by atoms with Crippen molar-refractivity contribution in [1.82, 2.24) is 9.97 Å². The summed E-state index contributed by atoms with van der Waals surface area (Å²) in [6.07, 6.45) is 11.7. The lowest BCUT2D eigenvalue weighted by atomic mass is 9.51. The van der Waals surface area contributed by atoms with Gasteiger partial charge in [-0.1, -0.05) is 0 Å². The van der Waals surface area contributed by atoms with Gasteiger partial charge < -0.3 is 5.73 Å². The molecule has 5 rings (SSSR count). The lowest BCUT2D eigenvalue weighted by Crippen LogP contribution is -2.45. The summed E-state index contributed by atoms with van der Waals surface area (Å²) in [5.41, 5.74) is 5.73. The molecule has 0 saturated heterocycles. The van der Waals surface area contributed by atoms with Crippen LogP contribution in [0.3, 0.4) is 0 Å². The van der Waals surface area contributed by atoms with Gasteiger partial charge >= 0.3 is 0 Å². The van der Waals surface area contributed by atoms with Crippen molar-refractivity contribution in [2.45, 2.75) is 44.9 Å². The second-order valence-electron chi connectivity index (χ2n) is 7.03. The van der Waals surface area contributed by atoms with Crippen molar-refractivity contribution in [3.8, 4) is 0 Å². The lowest BCUT2D eigenvalue weighted by Gasteiger charge is -2.54. The highest BCUT2D eigenvalue weighted by atomic mass is 14.9. The van der Waals surface area contributed by atoms with Gasteiger partial charge in [0, 0.05) is 12.6 Å². The van der Waals surface area contributed by atoms with E-state index in [1.54, 1.807) is 12.3 Å². The minimum Gasteiger partial charge on any atom is -0.384 e. The summed E-state index contributed by atoms with van der Waals surface area (Å²) in [6.45, 7) is 0. The van der Waals surface area contributed by atoms with E-state index in [1.165, 1.54) is 38.5 Å². The largest absolute Gasteiger partial charge is 0.384 e. The van der Waals surface area contributed by atoms with Gasteiger partial charge in [-0.25, -0.2) is 9.97 Å². The van der Waals surface area contributed by atoms with Crippen molar-refractivity contribution in [1.29, 1.82) is 0 Å². The lowest BCUT2D eigenvalue weighted by molar-refractivity contribution is -0.0395. The molecule has 0 aliphatic heterocycles. The predicted molar refractivity (Wildman–Crippen MR) is 75.3 cm³/mol. The Hall–Kier alpha value is -1.12. The number of rotatable bonds is 3. The molecule has 3 nitrogen and oxygen atoms in total. The number of nitrogens with two attached hydrogens (primary N) is 1. The van der Waals surface area contributed by atoms with E-state index in [1.807, 2.05) is 0 Å². The molecule has 0 atom stereocenters. The van der Waals surface area contributed by atoms with E-state index in [9.17, 15) is 0 Å². The summed E-state index contributed by atoms with van der Waals surface area (Å²) in [7, 11) is 0. The van der Waals surface area contributed by atoms with Gasteiger partial charge in [0.2, 0.25) is 0 Å². The first-order valence-electron chi connectivity index (χ1n) is 7.85. The Bertz CT molecular complexity index is 443. The van der Waals surface area contributed by atoms with E-state index in [0.29, 0.717) is 5.82 Å². The molecule has 2 N–H and O–H groups in total. The Morgan fingerprint density at radius 3 is 2.37 bits per heavy atom. The molecule has 4 fully saturated rings. The average Bonchev–Trinajstić information content (AvgIpc) is 2.37. The van der Waals surface area contributed by atoms with Crippen molar-refractivity contribution in [3.05, 3.63) is 18.1 Å². The SMILES string of the molecule is Nc1ccnc(CCC2C3CC4CC(C3)CC2C4)n1. The van der Waals surface area contributed by atoms with Crippen LogP contribution in [-0.2, 0) is 6.42 Å². The minimum absolute atomic E-state index is 0.607. The molecule has 0 unspecified atom stereocenters. The molecule has 19 heavy (non-hydrogen) atoms. The van der Waals surface area contributed by atoms with Crippen LogP contribution in [0.5, 0.6) is 0 Å². The van der Waals surface area contributed by atoms with E-state index in [-0.39, 0.29) is 0 Å². The number of anilines is 1. The highest BCUT2D eigenvalue weighted by molar-refractivity contribution is 5.25. The van der Waals surface area contributed by atoms with Crippen LogP contribution in [0.25, 0.3) is 0 Å². The van der Waals surface area contributed by atoms with Crippen molar-refractivity contribution in [2.24, 2.45) is 29.6 Å². The molecule has 0 aromatic carbocycles. The highest BCUT2D eigenvalue weighted by Gasteiger charge is 2.47. The quantitative estimate of drug-likeness (QED) is 0.905. The fourth-order valence-electron chi connectivity index (χ4n) is 5.34. The molecule has 4 saturated carbocycles. The fourth-order valence-corrected chi connectivity index (χ4v) is 5.34. The Balaban J connectivity index is 1.43. The third kappa shape index (κ3) is 2.13. The van der Waals surface area contributed by atoms with Gasteiger partial charge in [0.15, 0.2) is 0 Å². The minimum atomic E-state index is 0.607. The molecule has 0 radical (unpaired) electrons. The van der Waals surface area contributed by atoms with Crippen LogP contribution in [0.1, 0.15) is 44.3 Å². The Morgan fingerprint density at radius 1 is 1.05 bits per heavy atom. The molecule has 3 heteroatoms. The van der Waals surface area contributed by atoms with Crippen LogP contribution in [0, 0.1) is 29.6 Å². The summed E-state index contributed by atoms with van der Waals surface area (Å²) in [6, 6.07) is 1.77. The van der Waals surface area contributed by atoms with E-state index in [2.05, 4.69) is 9.97 Å². The van der Waals surface area contributed by atoms with E-state index < -0.39 is 0 Å². The second-order valence-corrected chi connectivity index (χ2v) is 7.03. The highest BCUT2D eigenvalue weighted by Crippen LogP contribution is 2.57. The van der Waals surface area contributed by atoms with Crippen molar-refractivity contribution >= 4 is 5.82 Å². The van der Waals surface area contributed by atoms with Crippen molar-refractivity contribution in [2.75, 3.05) is 5.73 Å². The topological polar surface area (TPSA) is 51.8 Å². The molecule has 102 valence electrons. The number of hydrogen-bond donors (Lipinski definition) is 1. The summed E-state index contributed by atoms with van der Waals surface area (Å²) < 4.78 is 0. The first kappa shape index (κ1) is 11.7. The summed E-state index contributed by atoms with van der Waals surface area (Å²) in [5.74, 6) is 6.65. The van der Waals surface area contributed by atoms with Crippen LogP contribution in [0.15, 0.2) is 12.3 Å². The van der Waals surface area contributed by atoms with Crippen LogP contribution in [0.2, 0.25) is 0 Å². The van der Waals surface area contributed by atoms with E-state index in [4.69, 9.17) is 5.73 Å². The van der Waals surface area contributed by atoms with E-state index >= 15 is 0 Å². The van der Waals surface area contributed by atoms with Crippen LogP contribution >= 0.6 is 0 Å². The van der Waals surface area contributed by atoms with Gasteiger partial charge in [0.1, 0.15) is 11.6 Å². The Labute approximate surface area is 115 Å². The summed E-state index contributed by atoms with van der Waals surface area (Å²) in [4.78, 5) is 8.69. The molecular weight excluding hydrogens is 234 g/mol. The number of nitrogens with zero attached hydrogens (tertiary/aromatic N) is 2. The molecular formula is C16H23N3. The average molecular weight is 257 g/mol. The van der Waals surface area contributed by atoms with Crippen molar-refractivity contribution < 1.29 is 0 Å². The zero-order valence-electron chi connectivity index (χ0n) is 11.5. The molecule has 1 heterocycles. The summed E-state index contributed by atoms with van der Waals surface area (Å²) in [5, 5.41) is 0. The number of aryl methyl sites for hydroxylation is 1. The van der Waals surface area contributed by atoms with Crippen LogP contribution in [-0.4, -0.2) is 9.97 Å². The monoisotopic (exact) mass is 257 g/mol. The molecule has 4 aliphatic carbocycles. The third-order valence-corrected chi connectivity index (χ3v) is 5.85. The van der Waals surface area contributed by atoms with Crippen LogP contribution < -0.4 is 5.73 Å². The van der Waals surface area contributed by atoms with Gasteiger partial charge in [-0.05, 0) is 74.2 Å². The van der Waals surface area contributed by atoms with Gasteiger partial charge in [-0.2, -0.15) is 0 Å². The molecule has 0 amide bonds. The standard InChI is InChI=1S/C16H23N3/c17-15-3-4-18-16(19-15)2-1-14-12-6-10-5-11(8-12)9-13(14)7-10/h3-4,10-14H,1-2,5-9H2,(H2,17,18,19). The maximum atomic E-state index is 5.73. The molecule has 4 aliphatic rings. The maximum absolute atomic E-state index is 5.73. The first-order valence-corrected chi connectivity index (χ1v) is 7.85. The number of nitrogen functional groups attached to an aromatic ring is 1. The zero-order chi connectivity index (χ0) is 12.8. The zero-order valence-corrected chi connectivity index (χ0v) is 11.5.